The molecule has 78 valence electrons. The summed E-state index contributed by atoms with van der Waals surface area (Å²) in [7, 11) is 2.17. The molecule has 0 bridgehead atoms. The first kappa shape index (κ1) is 9.99. The third-order valence-electron chi connectivity index (χ3n) is 2.88. The van der Waals surface area contributed by atoms with Crippen molar-refractivity contribution in [3.63, 3.8) is 0 Å². The van der Waals surface area contributed by atoms with Crippen molar-refractivity contribution in [2.75, 3.05) is 20.1 Å². The largest absolute Gasteiger partial charge is 0.329 e. The lowest BCUT2D eigenvalue weighted by Gasteiger charge is -2.31. The van der Waals surface area contributed by atoms with E-state index >= 15 is 0 Å². The van der Waals surface area contributed by atoms with E-state index in [4.69, 9.17) is 11.6 Å². The molecule has 0 saturated carbocycles. The molecule has 0 aliphatic carbocycles. The Morgan fingerprint density at radius 1 is 1.64 bits per heavy atom. The van der Waals surface area contributed by atoms with Gasteiger partial charge in [-0.3, -0.25) is 0 Å². The summed E-state index contributed by atoms with van der Waals surface area (Å²) in [5.74, 6) is 0.556. The SMILES string of the molecule is CN1CCCC(n2cncc2CCl)C1. The van der Waals surface area contributed by atoms with Crippen LogP contribution in [0.5, 0.6) is 0 Å². The zero-order valence-electron chi connectivity index (χ0n) is 8.49. The molecule has 0 aromatic carbocycles. The van der Waals surface area contributed by atoms with Gasteiger partial charge < -0.3 is 9.47 Å². The summed E-state index contributed by atoms with van der Waals surface area (Å²) in [6.45, 7) is 2.32. The van der Waals surface area contributed by atoms with Gasteiger partial charge in [0.05, 0.1) is 17.9 Å². The van der Waals surface area contributed by atoms with E-state index in [0.29, 0.717) is 11.9 Å². The van der Waals surface area contributed by atoms with Gasteiger partial charge in [0.2, 0.25) is 0 Å². The van der Waals surface area contributed by atoms with Crippen LogP contribution < -0.4 is 0 Å². The Balaban J connectivity index is 2.13. The Bertz CT molecular complexity index is 297. The number of hydrogen-bond acceptors (Lipinski definition) is 2. The van der Waals surface area contributed by atoms with Crippen LogP contribution >= 0.6 is 11.6 Å². The van der Waals surface area contributed by atoms with Gasteiger partial charge in [0.1, 0.15) is 0 Å². The Kier molecular flexibility index (Phi) is 3.08. The van der Waals surface area contributed by atoms with Crippen molar-refractivity contribution in [3.05, 3.63) is 18.2 Å². The standard InChI is InChI=1S/C10H16ClN3/c1-13-4-2-3-9(7-13)14-8-12-6-10(14)5-11/h6,8-9H,2-5,7H2,1H3. The molecule has 0 amide bonds. The molecule has 14 heavy (non-hydrogen) atoms. The van der Waals surface area contributed by atoms with Crippen LogP contribution in [-0.2, 0) is 5.88 Å². The third-order valence-corrected chi connectivity index (χ3v) is 3.15. The molecule has 1 aromatic rings. The lowest BCUT2D eigenvalue weighted by molar-refractivity contribution is 0.210. The molecule has 1 fully saturated rings. The highest BCUT2D eigenvalue weighted by molar-refractivity contribution is 6.16. The van der Waals surface area contributed by atoms with Gasteiger partial charge in [-0.1, -0.05) is 0 Å². The molecule has 1 saturated heterocycles. The van der Waals surface area contributed by atoms with Crippen molar-refractivity contribution in [2.45, 2.75) is 24.8 Å². The van der Waals surface area contributed by atoms with Crippen molar-refractivity contribution in [1.82, 2.24) is 14.5 Å². The fraction of sp³-hybridized carbons (Fsp3) is 0.700. The van der Waals surface area contributed by atoms with Gasteiger partial charge in [0.25, 0.3) is 0 Å². The minimum atomic E-state index is 0.556. The van der Waals surface area contributed by atoms with E-state index in [9.17, 15) is 0 Å². The molecule has 2 heterocycles. The van der Waals surface area contributed by atoms with Crippen LogP contribution in [0.15, 0.2) is 12.5 Å². The number of alkyl halides is 1. The van der Waals surface area contributed by atoms with E-state index in [0.717, 1.165) is 12.2 Å². The smallest absolute Gasteiger partial charge is 0.0951 e. The summed E-state index contributed by atoms with van der Waals surface area (Å²) in [6, 6.07) is 0.560. The van der Waals surface area contributed by atoms with E-state index in [1.165, 1.54) is 19.4 Å². The number of piperidine rings is 1. The third kappa shape index (κ3) is 1.93. The fourth-order valence-corrected chi connectivity index (χ4v) is 2.34. The Hall–Kier alpha value is -0.540. The first-order chi connectivity index (χ1) is 6.81. The topological polar surface area (TPSA) is 21.1 Å². The van der Waals surface area contributed by atoms with Gasteiger partial charge in [-0.2, -0.15) is 0 Å². The summed E-state index contributed by atoms with van der Waals surface area (Å²) < 4.78 is 2.22. The number of halogens is 1. The van der Waals surface area contributed by atoms with Crippen LogP contribution in [0.2, 0.25) is 0 Å². The molecular weight excluding hydrogens is 198 g/mol. The summed E-state index contributed by atoms with van der Waals surface area (Å²) in [6.07, 6.45) is 6.27. The van der Waals surface area contributed by atoms with Crippen LogP contribution in [0, 0.1) is 0 Å². The quantitative estimate of drug-likeness (QED) is 0.700. The molecule has 4 heteroatoms. The fourth-order valence-electron chi connectivity index (χ4n) is 2.13. The number of nitrogens with zero attached hydrogens (tertiary/aromatic N) is 3. The zero-order valence-corrected chi connectivity index (χ0v) is 9.24. The predicted molar refractivity (Wildman–Crippen MR) is 57.6 cm³/mol. The molecule has 0 N–H and O–H groups in total. The van der Waals surface area contributed by atoms with Gasteiger partial charge in [-0.05, 0) is 26.4 Å². The highest BCUT2D eigenvalue weighted by Crippen LogP contribution is 2.22. The second-order valence-electron chi connectivity index (χ2n) is 3.98. The Morgan fingerprint density at radius 3 is 3.21 bits per heavy atom. The summed E-state index contributed by atoms with van der Waals surface area (Å²) >= 11 is 5.85. The van der Waals surface area contributed by atoms with Gasteiger partial charge in [0.15, 0.2) is 0 Å². The molecule has 1 aliphatic rings. The molecule has 1 unspecified atom stereocenters. The molecule has 2 rings (SSSR count). The number of likely N-dealkylation sites (tertiary alicyclic amines) is 1. The minimum absolute atomic E-state index is 0.556. The van der Waals surface area contributed by atoms with Crippen LogP contribution in [-0.4, -0.2) is 34.6 Å². The van der Waals surface area contributed by atoms with Crippen molar-refractivity contribution >= 4 is 11.6 Å². The number of aromatic nitrogens is 2. The number of rotatable bonds is 2. The summed E-state index contributed by atoms with van der Waals surface area (Å²) in [4.78, 5) is 6.52. The van der Waals surface area contributed by atoms with Crippen molar-refractivity contribution in [1.29, 1.82) is 0 Å². The highest BCUT2D eigenvalue weighted by Gasteiger charge is 2.19. The highest BCUT2D eigenvalue weighted by atomic mass is 35.5. The molecule has 0 radical (unpaired) electrons. The maximum Gasteiger partial charge on any atom is 0.0951 e. The number of imidazole rings is 1. The first-order valence-corrected chi connectivity index (χ1v) is 5.60. The van der Waals surface area contributed by atoms with Crippen LogP contribution in [0.1, 0.15) is 24.6 Å². The van der Waals surface area contributed by atoms with Gasteiger partial charge in [0, 0.05) is 18.8 Å². The lowest BCUT2D eigenvalue weighted by Crippen LogP contribution is -2.33. The lowest BCUT2D eigenvalue weighted by atomic mass is 10.1. The zero-order chi connectivity index (χ0) is 9.97. The van der Waals surface area contributed by atoms with Crippen molar-refractivity contribution in [3.8, 4) is 0 Å². The molecule has 3 nitrogen and oxygen atoms in total. The van der Waals surface area contributed by atoms with Crippen LogP contribution in [0.3, 0.4) is 0 Å². The van der Waals surface area contributed by atoms with E-state index < -0.39 is 0 Å². The average molecular weight is 214 g/mol. The Morgan fingerprint density at radius 2 is 2.50 bits per heavy atom. The molecule has 1 aliphatic heterocycles. The van der Waals surface area contributed by atoms with E-state index in [1.807, 2.05) is 12.5 Å². The Labute approximate surface area is 89.7 Å². The maximum atomic E-state index is 5.85. The van der Waals surface area contributed by atoms with Crippen molar-refractivity contribution in [2.24, 2.45) is 0 Å². The first-order valence-electron chi connectivity index (χ1n) is 5.06. The van der Waals surface area contributed by atoms with Crippen molar-refractivity contribution < 1.29 is 0 Å². The van der Waals surface area contributed by atoms with Gasteiger partial charge >= 0.3 is 0 Å². The molecule has 0 spiro atoms. The molecule has 1 atom stereocenters. The summed E-state index contributed by atoms with van der Waals surface area (Å²) in [5, 5.41) is 0. The molecular formula is C10H16ClN3. The average Bonchev–Trinajstić information content (AvgIpc) is 2.65. The van der Waals surface area contributed by atoms with Gasteiger partial charge in [-0.25, -0.2) is 4.98 Å². The number of likely N-dealkylation sites (N-methyl/N-ethyl adjacent to an activating group) is 1. The van der Waals surface area contributed by atoms with Crippen LogP contribution in [0.4, 0.5) is 0 Å². The van der Waals surface area contributed by atoms with E-state index in [-0.39, 0.29) is 0 Å². The normalized spacial score (nSPS) is 24.0. The monoisotopic (exact) mass is 213 g/mol. The second kappa shape index (κ2) is 4.32. The maximum absolute atomic E-state index is 5.85. The van der Waals surface area contributed by atoms with E-state index in [1.54, 1.807) is 0 Å². The minimum Gasteiger partial charge on any atom is -0.329 e. The summed E-state index contributed by atoms with van der Waals surface area (Å²) in [5.41, 5.74) is 1.13. The number of hydrogen-bond donors (Lipinski definition) is 0. The predicted octanol–water partition coefficient (Wildman–Crippen LogP) is 1.89. The second-order valence-corrected chi connectivity index (χ2v) is 4.25. The van der Waals surface area contributed by atoms with Crippen LogP contribution in [0.25, 0.3) is 0 Å². The van der Waals surface area contributed by atoms with E-state index in [2.05, 4.69) is 21.5 Å². The van der Waals surface area contributed by atoms with Gasteiger partial charge in [-0.15, -0.1) is 11.6 Å². The molecule has 1 aromatic heterocycles.